The van der Waals surface area contributed by atoms with Crippen molar-refractivity contribution in [1.29, 1.82) is 0 Å². The molecule has 0 fully saturated rings. The van der Waals surface area contributed by atoms with Gasteiger partial charge in [-0.3, -0.25) is 0 Å². The average Bonchev–Trinajstić information content (AvgIpc) is 2.46. The van der Waals surface area contributed by atoms with Crippen molar-refractivity contribution >= 4 is 0 Å². The van der Waals surface area contributed by atoms with Gasteiger partial charge in [-0.1, -0.05) is 37.3 Å². The minimum Gasteiger partial charge on any atom is -0.311 e. The molecule has 1 aromatic heterocycles. The Balaban J connectivity index is 2.30. The Kier molecular flexibility index (Phi) is 4.27. The molecule has 0 aliphatic carbocycles. The molecular formula is C16H21N3. The number of nitrogens with zero attached hydrogens (tertiary/aromatic N) is 2. The second-order valence-corrected chi connectivity index (χ2v) is 5.14. The molecule has 0 aliphatic heterocycles. The molecule has 1 N–H and O–H groups in total. The van der Waals surface area contributed by atoms with Gasteiger partial charge in [-0.15, -0.1) is 0 Å². The number of rotatable bonds is 5. The van der Waals surface area contributed by atoms with Gasteiger partial charge < -0.3 is 5.32 Å². The predicted octanol–water partition coefficient (Wildman–Crippen LogP) is 2.91. The summed E-state index contributed by atoms with van der Waals surface area (Å²) in [5.74, 6) is 0.870. The SMILES string of the molecule is CCNCc1ccnc(C(C)(C)c2ccccc2)n1. The molecule has 0 saturated heterocycles. The zero-order chi connectivity index (χ0) is 13.7. The third-order valence-corrected chi connectivity index (χ3v) is 3.32. The Morgan fingerprint density at radius 2 is 1.84 bits per heavy atom. The highest BCUT2D eigenvalue weighted by molar-refractivity contribution is 5.30. The van der Waals surface area contributed by atoms with Crippen molar-refractivity contribution in [2.24, 2.45) is 0 Å². The lowest BCUT2D eigenvalue weighted by Crippen LogP contribution is -2.23. The van der Waals surface area contributed by atoms with E-state index >= 15 is 0 Å². The van der Waals surface area contributed by atoms with Gasteiger partial charge in [0.25, 0.3) is 0 Å². The van der Waals surface area contributed by atoms with E-state index in [1.54, 1.807) is 0 Å². The Labute approximate surface area is 115 Å². The number of aromatic nitrogens is 2. The van der Waals surface area contributed by atoms with Crippen LogP contribution in [0.4, 0.5) is 0 Å². The Hall–Kier alpha value is -1.74. The smallest absolute Gasteiger partial charge is 0.138 e. The first kappa shape index (κ1) is 13.7. The monoisotopic (exact) mass is 255 g/mol. The largest absolute Gasteiger partial charge is 0.311 e. The highest BCUT2D eigenvalue weighted by Gasteiger charge is 2.26. The maximum absolute atomic E-state index is 4.68. The van der Waals surface area contributed by atoms with Crippen LogP contribution in [-0.2, 0) is 12.0 Å². The van der Waals surface area contributed by atoms with Crippen LogP contribution >= 0.6 is 0 Å². The minimum absolute atomic E-state index is 0.177. The summed E-state index contributed by atoms with van der Waals surface area (Å²) in [6.07, 6.45) is 1.85. The first-order chi connectivity index (χ1) is 9.14. The third kappa shape index (κ3) is 3.18. The quantitative estimate of drug-likeness (QED) is 0.892. The van der Waals surface area contributed by atoms with E-state index in [1.807, 2.05) is 18.3 Å². The second-order valence-electron chi connectivity index (χ2n) is 5.14. The Morgan fingerprint density at radius 3 is 2.53 bits per heavy atom. The fourth-order valence-electron chi connectivity index (χ4n) is 2.03. The van der Waals surface area contributed by atoms with Gasteiger partial charge in [0.1, 0.15) is 5.82 Å². The summed E-state index contributed by atoms with van der Waals surface area (Å²) < 4.78 is 0. The van der Waals surface area contributed by atoms with Crippen LogP contribution in [0.3, 0.4) is 0 Å². The van der Waals surface area contributed by atoms with Gasteiger partial charge in [-0.2, -0.15) is 0 Å². The van der Waals surface area contributed by atoms with Crippen LogP contribution in [0.1, 0.15) is 37.9 Å². The zero-order valence-electron chi connectivity index (χ0n) is 11.9. The molecule has 19 heavy (non-hydrogen) atoms. The van der Waals surface area contributed by atoms with Gasteiger partial charge in [-0.05, 0) is 32.0 Å². The van der Waals surface area contributed by atoms with E-state index in [1.165, 1.54) is 5.56 Å². The number of hydrogen-bond donors (Lipinski definition) is 1. The van der Waals surface area contributed by atoms with Gasteiger partial charge in [0.15, 0.2) is 0 Å². The van der Waals surface area contributed by atoms with Gasteiger partial charge in [-0.25, -0.2) is 9.97 Å². The molecule has 0 aliphatic rings. The van der Waals surface area contributed by atoms with E-state index < -0.39 is 0 Å². The molecule has 2 aromatic rings. The van der Waals surface area contributed by atoms with Crippen LogP contribution in [0.15, 0.2) is 42.6 Å². The van der Waals surface area contributed by atoms with Crippen molar-refractivity contribution in [3.05, 3.63) is 59.7 Å². The van der Waals surface area contributed by atoms with Crippen LogP contribution in [0, 0.1) is 0 Å². The molecule has 3 heteroatoms. The van der Waals surface area contributed by atoms with Crippen molar-refractivity contribution in [2.75, 3.05) is 6.54 Å². The second kappa shape index (κ2) is 5.93. The minimum atomic E-state index is -0.177. The number of nitrogens with one attached hydrogen (secondary N) is 1. The van der Waals surface area contributed by atoms with Crippen LogP contribution in [0.5, 0.6) is 0 Å². The van der Waals surface area contributed by atoms with Crippen LogP contribution in [-0.4, -0.2) is 16.5 Å². The molecule has 0 unspecified atom stereocenters. The molecule has 0 spiro atoms. The molecule has 0 bridgehead atoms. The zero-order valence-corrected chi connectivity index (χ0v) is 11.9. The summed E-state index contributed by atoms with van der Waals surface area (Å²) >= 11 is 0. The molecule has 100 valence electrons. The van der Waals surface area contributed by atoms with E-state index in [-0.39, 0.29) is 5.41 Å². The van der Waals surface area contributed by atoms with Gasteiger partial charge in [0, 0.05) is 18.2 Å². The summed E-state index contributed by atoms with van der Waals surface area (Å²) in [5.41, 5.74) is 2.09. The summed E-state index contributed by atoms with van der Waals surface area (Å²) in [6.45, 7) is 8.15. The maximum atomic E-state index is 4.68. The highest BCUT2D eigenvalue weighted by atomic mass is 14.9. The van der Waals surface area contributed by atoms with E-state index in [9.17, 15) is 0 Å². The van der Waals surface area contributed by atoms with Crippen LogP contribution in [0.2, 0.25) is 0 Å². The molecule has 0 amide bonds. The summed E-state index contributed by atoms with van der Waals surface area (Å²) in [6, 6.07) is 12.4. The molecule has 0 atom stereocenters. The summed E-state index contributed by atoms with van der Waals surface area (Å²) in [5, 5.41) is 3.29. The van der Waals surface area contributed by atoms with Crippen molar-refractivity contribution in [3.8, 4) is 0 Å². The van der Waals surface area contributed by atoms with E-state index in [0.29, 0.717) is 0 Å². The molecule has 0 saturated carbocycles. The molecular weight excluding hydrogens is 234 g/mol. The molecule has 3 nitrogen and oxygen atoms in total. The molecule has 0 radical (unpaired) electrons. The normalized spacial score (nSPS) is 11.5. The molecule has 2 rings (SSSR count). The summed E-state index contributed by atoms with van der Waals surface area (Å²) in [4.78, 5) is 9.14. The lowest BCUT2D eigenvalue weighted by Gasteiger charge is -2.24. The molecule has 1 heterocycles. The van der Waals surface area contributed by atoms with Crippen molar-refractivity contribution < 1.29 is 0 Å². The molecule has 1 aromatic carbocycles. The lowest BCUT2D eigenvalue weighted by atomic mass is 9.84. The number of benzene rings is 1. The average molecular weight is 255 g/mol. The standard InChI is InChI=1S/C16H21N3/c1-4-17-12-14-10-11-18-15(19-14)16(2,3)13-8-6-5-7-9-13/h5-11,17H,4,12H2,1-3H3. The highest BCUT2D eigenvalue weighted by Crippen LogP contribution is 2.28. The number of hydrogen-bond acceptors (Lipinski definition) is 3. The van der Waals surface area contributed by atoms with E-state index in [0.717, 1.165) is 24.6 Å². The summed E-state index contributed by atoms with van der Waals surface area (Å²) in [7, 11) is 0. The first-order valence-corrected chi connectivity index (χ1v) is 6.73. The Morgan fingerprint density at radius 1 is 1.11 bits per heavy atom. The van der Waals surface area contributed by atoms with Crippen LogP contribution in [0.25, 0.3) is 0 Å². The maximum Gasteiger partial charge on any atom is 0.138 e. The van der Waals surface area contributed by atoms with Gasteiger partial charge in [0.05, 0.1) is 5.69 Å². The third-order valence-electron chi connectivity index (χ3n) is 3.32. The predicted molar refractivity (Wildman–Crippen MR) is 78.0 cm³/mol. The first-order valence-electron chi connectivity index (χ1n) is 6.73. The van der Waals surface area contributed by atoms with Crippen molar-refractivity contribution in [3.63, 3.8) is 0 Å². The fourth-order valence-corrected chi connectivity index (χ4v) is 2.03. The van der Waals surface area contributed by atoms with E-state index in [2.05, 4.69) is 60.3 Å². The topological polar surface area (TPSA) is 37.8 Å². The van der Waals surface area contributed by atoms with E-state index in [4.69, 9.17) is 0 Å². The lowest BCUT2D eigenvalue weighted by molar-refractivity contribution is 0.579. The van der Waals surface area contributed by atoms with Gasteiger partial charge >= 0.3 is 0 Å². The van der Waals surface area contributed by atoms with Crippen molar-refractivity contribution in [2.45, 2.75) is 32.7 Å². The Bertz CT molecular complexity index is 521. The fraction of sp³-hybridized carbons (Fsp3) is 0.375. The van der Waals surface area contributed by atoms with Crippen LogP contribution < -0.4 is 5.32 Å². The van der Waals surface area contributed by atoms with Gasteiger partial charge in [0.2, 0.25) is 0 Å². The van der Waals surface area contributed by atoms with Crippen molar-refractivity contribution in [1.82, 2.24) is 15.3 Å².